The highest BCUT2D eigenvalue weighted by Crippen LogP contribution is 2.06. The molecule has 0 saturated heterocycles. The van der Waals surface area contributed by atoms with Crippen molar-refractivity contribution in [3.8, 4) is 0 Å². The summed E-state index contributed by atoms with van der Waals surface area (Å²) in [5, 5.41) is 6.16. The van der Waals surface area contributed by atoms with Crippen LogP contribution in [-0.4, -0.2) is 30.4 Å². The van der Waals surface area contributed by atoms with Gasteiger partial charge in [0.05, 0.1) is 0 Å². The average Bonchev–Trinajstić information content (AvgIpc) is 2.15. The van der Waals surface area contributed by atoms with Gasteiger partial charge in [0.2, 0.25) is 30.4 Å². The minimum Gasteiger partial charge on any atom is -0.0950 e. The molecule has 0 aromatic carbocycles. The van der Waals surface area contributed by atoms with Gasteiger partial charge in [-0.15, -0.1) is 0 Å². The Labute approximate surface area is 130 Å². The molecule has 0 N–H and O–H groups in total. The summed E-state index contributed by atoms with van der Waals surface area (Å²) in [7, 11) is 0. The molecule has 0 bridgehead atoms. The van der Waals surface area contributed by atoms with Crippen molar-refractivity contribution in [1.29, 1.82) is 0 Å². The van der Waals surface area contributed by atoms with Crippen LogP contribution >= 0.6 is 0 Å². The van der Waals surface area contributed by atoms with Crippen LogP contribution in [0.5, 0.6) is 0 Å². The van der Waals surface area contributed by atoms with E-state index >= 15 is 0 Å². The second-order valence-corrected chi connectivity index (χ2v) is 11.2. The molecule has 0 aliphatic heterocycles. The van der Waals surface area contributed by atoms with E-state index < -0.39 is 0 Å². The van der Waals surface area contributed by atoms with Crippen molar-refractivity contribution in [2.45, 2.75) is 76.5 Å². The van der Waals surface area contributed by atoms with Gasteiger partial charge in [-0.25, -0.2) is 0 Å². The van der Waals surface area contributed by atoms with Crippen molar-refractivity contribution in [2.24, 2.45) is 23.7 Å². The van der Waals surface area contributed by atoms with Gasteiger partial charge in [0.25, 0.3) is 0 Å². The molecule has 0 radical (unpaired) electrons. The minimum atomic E-state index is 0.316. The monoisotopic (exact) mass is 284 g/mol. The van der Waals surface area contributed by atoms with E-state index in [2.05, 4.69) is 55.4 Å². The maximum Gasteiger partial charge on any atom is 0.237 e. The first-order chi connectivity index (χ1) is 8.25. The Morgan fingerprint density at radius 3 is 0.722 bits per heavy atom. The molecule has 0 aromatic heterocycles. The normalized spacial score (nSPS) is 10.9. The Morgan fingerprint density at radius 1 is 0.444 bits per heavy atom. The molecule has 0 fully saturated rings. The summed E-state index contributed by atoms with van der Waals surface area (Å²) in [5.74, 6) is 3.82. The summed E-state index contributed by atoms with van der Waals surface area (Å²) in [6.07, 6.45) is 0. The molecule has 0 unspecified atom stereocenters. The van der Waals surface area contributed by atoms with Gasteiger partial charge in [0.1, 0.15) is 0 Å². The van der Waals surface area contributed by atoms with E-state index in [1.54, 1.807) is 0 Å². The third-order valence-electron chi connectivity index (χ3n) is 3.13. The lowest BCUT2D eigenvalue weighted by atomic mass is 10.3. The predicted molar refractivity (Wildman–Crippen MR) is 92.9 cm³/mol. The molecule has 0 atom stereocenters. The van der Waals surface area contributed by atoms with Gasteiger partial charge in [0.15, 0.2) is 0 Å². The predicted octanol–water partition coefficient (Wildman–Crippen LogP) is 5.14. The molecule has 0 aromatic rings. The van der Waals surface area contributed by atoms with Crippen molar-refractivity contribution >= 4 is 30.4 Å². The van der Waals surface area contributed by atoms with Gasteiger partial charge >= 0.3 is 0 Å². The fourth-order valence-corrected chi connectivity index (χ4v) is 5.61. The Morgan fingerprint density at radius 2 is 0.611 bits per heavy atom. The van der Waals surface area contributed by atoms with E-state index in [0.717, 1.165) is 23.7 Å². The van der Waals surface area contributed by atoms with Crippen LogP contribution in [0.15, 0.2) is 0 Å². The molecule has 0 spiro atoms. The summed E-state index contributed by atoms with van der Waals surface area (Å²) in [6, 6.07) is 0. The summed E-state index contributed by atoms with van der Waals surface area (Å²) in [5.41, 5.74) is 0. The topological polar surface area (TPSA) is 0 Å². The molecular formula is C16H38Al2. The SMILES string of the molecule is CC(C)[CH2][AlH][CH2]C(C)C.CC(C)[CH2][AlH][CH2]C(C)C. The van der Waals surface area contributed by atoms with Gasteiger partial charge in [-0.3, -0.25) is 0 Å². The molecule has 0 aliphatic carbocycles. The highest BCUT2D eigenvalue weighted by molar-refractivity contribution is 6.35. The molecule has 0 rings (SSSR count). The maximum absolute atomic E-state index is 2.33. The summed E-state index contributed by atoms with van der Waals surface area (Å²) >= 11 is 0.633. The summed E-state index contributed by atoms with van der Waals surface area (Å²) < 4.78 is 0. The first-order valence-corrected chi connectivity index (χ1v) is 12.3. The third-order valence-corrected chi connectivity index (χ3v) is 9.38. The van der Waals surface area contributed by atoms with Crippen LogP contribution in [0.1, 0.15) is 55.4 Å². The van der Waals surface area contributed by atoms with Crippen LogP contribution in [-0.2, 0) is 0 Å². The third kappa shape index (κ3) is 25.8. The lowest BCUT2D eigenvalue weighted by molar-refractivity contribution is 0.700. The molecule has 108 valence electrons. The van der Waals surface area contributed by atoms with E-state index in [1.165, 1.54) is 21.1 Å². The second-order valence-electron chi connectivity index (χ2n) is 7.44. The van der Waals surface area contributed by atoms with Crippen LogP contribution in [0.25, 0.3) is 0 Å². The number of hydrogen-bond acceptors (Lipinski definition) is 0. The van der Waals surface area contributed by atoms with Gasteiger partial charge in [0, 0.05) is 0 Å². The maximum atomic E-state index is 2.33. The molecule has 2 heteroatoms. The first-order valence-electron chi connectivity index (χ1n) is 8.25. The number of rotatable bonds is 8. The van der Waals surface area contributed by atoms with E-state index in [0.29, 0.717) is 30.4 Å². The van der Waals surface area contributed by atoms with Crippen LogP contribution in [0.3, 0.4) is 0 Å². The molecule has 18 heavy (non-hydrogen) atoms. The van der Waals surface area contributed by atoms with Crippen LogP contribution in [0.4, 0.5) is 0 Å². The summed E-state index contributed by atoms with van der Waals surface area (Å²) in [4.78, 5) is 0. The van der Waals surface area contributed by atoms with E-state index in [4.69, 9.17) is 0 Å². The quantitative estimate of drug-likeness (QED) is 0.541. The Bertz CT molecular complexity index is 117. The van der Waals surface area contributed by atoms with Crippen molar-refractivity contribution in [3.05, 3.63) is 0 Å². The van der Waals surface area contributed by atoms with Crippen molar-refractivity contribution in [2.75, 3.05) is 0 Å². The lowest BCUT2D eigenvalue weighted by Crippen LogP contribution is -1.99. The van der Waals surface area contributed by atoms with Crippen molar-refractivity contribution < 1.29 is 0 Å². The molecule has 0 nitrogen and oxygen atoms in total. The zero-order chi connectivity index (χ0) is 14.6. The van der Waals surface area contributed by atoms with E-state index in [1.807, 2.05) is 0 Å². The minimum absolute atomic E-state index is 0.316. The fourth-order valence-electron chi connectivity index (χ4n) is 1.87. The molecular weight excluding hydrogens is 246 g/mol. The van der Waals surface area contributed by atoms with Crippen LogP contribution < -0.4 is 0 Å². The molecule has 0 aliphatic rings. The lowest BCUT2D eigenvalue weighted by Gasteiger charge is -2.03. The van der Waals surface area contributed by atoms with E-state index in [-0.39, 0.29) is 0 Å². The van der Waals surface area contributed by atoms with Crippen LogP contribution in [0, 0.1) is 23.7 Å². The Balaban J connectivity index is 0. The largest absolute Gasteiger partial charge is 0.237 e. The van der Waals surface area contributed by atoms with Crippen LogP contribution in [0.2, 0.25) is 21.1 Å². The highest BCUT2D eigenvalue weighted by Gasteiger charge is 2.00. The fraction of sp³-hybridized carbons (Fsp3) is 1.00. The van der Waals surface area contributed by atoms with Gasteiger partial charge in [-0.1, -0.05) is 100 Å². The zero-order valence-corrected chi connectivity index (χ0v) is 17.4. The zero-order valence-electron chi connectivity index (χ0n) is 14.6. The highest BCUT2D eigenvalue weighted by atomic mass is 27.1. The molecule has 0 amide bonds. The van der Waals surface area contributed by atoms with Gasteiger partial charge < -0.3 is 0 Å². The molecule has 0 saturated carbocycles. The van der Waals surface area contributed by atoms with Gasteiger partial charge in [-0.05, 0) is 0 Å². The standard InChI is InChI=1S/4C4H9.2Al.2H/c4*1-4(2)3;;;;/h4*4H,1H2,2-3H3;;;;. The van der Waals surface area contributed by atoms with E-state index in [9.17, 15) is 0 Å². The van der Waals surface area contributed by atoms with Crippen molar-refractivity contribution in [3.63, 3.8) is 0 Å². The second kappa shape index (κ2) is 14.5. The smallest absolute Gasteiger partial charge is 0.0950 e. The van der Waals surface area contributed by atoms with Crippen molar-refractivity contribution in [1.82, 2.24) is 0 Å². The Kier molecular flexibility index (Phi) is 17.2. The summed E-state index contributed by atoms with van der Waals surface area (Å²) in [6.45, 7) is 18.6. The molecule has 0 heterocycles. The van der Waals surface area contributed by atoms with Gasteiger partial charge in [-0.2, -0.15) is 0 Å². The Hall–Kier alpha value is 1.06. The first kappa shape index (κ1) is 21.4. The number of hydrogen-bond donors (Lipinski definition) is 0. The average molecular weight is 284 g/mol.